The lowest BCUT2D eigenvalue weighted by atomic mass is 10.1. The maximum absolute atomic E-state index is 8.55. The number of unbranched alkanes of at least 4 members (excludes halogenated alkanes) is 8. The fourth-order valence-electron chi connectivity index (χ4n) is 1.40. The van der Waals surface area contributed by atoms with E-state index in [4.69, 9.17) is 11.5 Å². The Morgan fingerprint density at radius 1 is 0.769 bits per heavy atom. The molecule has 0 aliphatic carbocycles. The minimum absolute atomic E-state index is 0.349. The van der Waals surface area contributed by atoms with Crippen LogP contribution in [-0.4, -0.2) is 11.7 Å². The Morgan fingerprint density at radius 2 is 1.23 bits per heavy atom. The quantitative estimate of drug-likeness (QED) is 0.331. The van der Waals surface area contributed by atoms with E-state index in [0.717, 1.165) is 12.8 Å². The van der Waals surface area contributed by atoms with Gasteiger partial charge in [-0.15, -0.1) is 12.3 Å². The van der Waals surface area contributed by atoms with Crippen LogP contribution in [0.3, 0.4) is 0 Å². The number of aliphatic hydroxyl groups is 1. The molecule has 0 rings (SSSR count). The van der Waals surface area contributed by atoms with Crippen molar-refractivity contribution in [3.8, 4) is 12.3 Å². The summed E-state index contributed by atoms with van der Waals surface area (Å²) in [4.78, 5) is 0. The molecule has 1 heteroatoms. The summed E-state index contributed by atoms with van der Waals surface area (Å²) in [6.07, 6.45) is 15.9. The van der Waals surface area contributed by atoms with Crippen LogP contribution in [0.15, 0.2) is 0 Å². The van der Waals surface area contributed by atoms with Gasteiger partial charge >= 0.3 is 0 Å². The summed E-state index contributed by atoms with van der Waals surface area (Å²) in [7, 11) is 0. The normalized spacial score (nSPS) is 9.85. The summed E-state index contributed by atoms with van der Waals surface area (Å²) < 4.78 is 0. The zero-order chi connectivity index (χ0) is 9.78. The molecule has 0 heterocycles. The van der Waals surface area contributed by atoms with Crippen molar-refractivity contribution in [1.29, 1.82) is 0 Å². The summed E-state index contributed by atoms with van der Waals surface area (Å²) >= 11 is 0. The molecule has 0 atom stereocenters. The second-order valence-electron chi connectivity index (χ2n) is 3.51. The van der Waals surface area contributed by atoms with E-state index in [1.165, 1.54) is 44.9 Å². The molecule has 0 bridgehead atoms. The summed E-state index contributed by atoms with van der Waals surface area (Å²) in [6, 6.07) is 0. The Morgan fingerprint density at radius 3 is 1.69 bits per heavy atom. The van der Waals surface area contributed by atoms with Gasteiger partial charge in [0.15, 0.2) is 0 Å². The lowest BCUT2D eigenvalue weighted by Crippen LogP contribution is -1.84. The fourth-order valence-corrected chi connectivity index (χ4v) is 1.40. The van der Waals surface area contributed by atoms with Gasteiger partial charge in [-0.1, -0.05) is 38.5 Å². The van der Waals surface area contributed by atoms with Crippen LogP contribution in [0.25, 0.3) is 0 Å². The zero-order valence-corrected chi connectivity index (χ0v) is 8.60. The molecule has 1 N–H and O–H groups in total. The first kappa shape index (κ1) is 12.5. The second-order valence-corrected chi connectivity index (χ2v) is 3.51. The predicted octanol–water partition coefficient (Wildman–Crippen LogP) is 3.12. The van der Waals surface area contributed by atoms with E-state index < -0.39 is 0 Å². The van der Waals surface area contributed by atoms with E-state index in [0.29, 0.717) is 6.61 Å². The molecule has 0 aromatic rings. The Balaban J connectivity index is 2.80. The Bertz CT molecular complexity index is 124. The highest BCUT2D eigenvalue weighted by atomic mass is 16.2. The number of rotatable bonds is 9. The van der Waals surface area contributed by atoms with E-state index in [-0.39, 0.29) is 0 Å². The van der Waals surface area contributed by atoms with Crippen molar-refractivity contribution < 1.29 is 5.11 Å². The van der Waals surface area contributed by atoms with Crippen molar-refractivity contribution in [3.05, 3.63) is 0 Å². The standard InChI is InChI=1S/C12H22O/c1-2-3-4-5-6-7-8-9-10-11-12-13/h1,13H,3-12H2/i1+1. The summed E-state index contributed by atoms with van der Waals surface area (Å²) in [5.41, 5.74) is 0. The fraction of sp³-hybridized carbons (Fsp3) is 0.833. The lowest BCUT2D eigenvalue weighted by molar-refractivity contribution is 0.282. The topological polar surface area (TPSA) is 20.2 Å². The van der Waals surface area contributed by atoms with E-state index in [1.807, 2.05) is 0 Å². The van der Waals surface area contributed by atoms with Crippen molar-refractivity contribution in [3.63, 3.8) is 0 Å². The van der Waals surface area contributed by atoms with Gasteiger partial charge < -0.3 is 5.11 Å². The van der Waals surface area contributed by atoms with E-state index in [9.17, 15) is 0 Å². The molecule has 0 unspecified atom stereocenters. The van der Waals surface area contributed by atoms with E-state index in [2.05, 4.69) is 5.92 Å². The molecule has 0 aromatic carbocycles. The molecule has 0 spiro atoms. The molecule has 0 aliphatic rings. The molecular weight excluding hydrogens is 161 g/mol. The van der Waals surface area contributed by atoms with Gasteiger partial charge in [-0.05, 0) is 12.8 Å². The SMILES string of the molecule is [13CH]#CCCCCCCCCCCO. The van der Waals surface area contributed by atoms with Crippen LogP contribution in [0.2, 0.25) is 0 Å². The molecule has 0 amide bonds. The highest BCUT2D eigenvalue weighted by molar-refractivity contribution is 4.82. The minimum atomic E-state index is 0.349. The third kappa shape index (κ3) is 11.5. The first-order valence-corrected chi connectivity index (χ1v) is 5.46. The van der Waals surface area contributed by atoms with Gasteiger partial charge in [-0.2, -0.15) is 0 Å². The summed E-state index contributed by atoms with van der Waals surface area (Å²) in [5.74, 6) is 2.66. The van der Waals surface area contributed by atoms with Crippen LogP contribution in [0.5, 0.6) is 0 Å². The van der Waals surface area contributed by atoms with Crippen molar-refractivity contribution in [2.45, 2.75) is 57.8 Å². The first-order valence-electron chi connectivity index (χ1n) is 5.46. The number of hydrogen-bond acceptors (Lipinski definition) is 1. The highest BCUT2D eigenvalue weighted by Gasteiger charge is 1.90. The largest absolute Gasteiger partial charge is 0.396 e. The van der Waals surface area contributed by atoms with Crippen LogP contribution < -0.4 is 0 Å². The molecule has 13 heavy (non-hydrogen) atoms. The highest BCUT2D eigenvalue weighted by Crippen LogP contribution is 2.08. The third-order valence-corrected chi connectivity index (χ3v) is 2.23. The van der Waals surface area contributed by atoms with Crippen molar-refractivity contribution >= 4 is 0 Å². The predicted molar refractivity (Wildman–Crippen MR) is 57.5 cm³/mol. The zero-order valence-electron chi connectivity index (χ0n) is 8.60. The molecule has 0 saturated carbocycles. The average molecular weight is 183 g/mol. The van der Waals surface area contributed by atoms with Gasteiger partial charge in [0.05, 0.1) is 0 Å². The maximum atomic E-state index is 8.55. The molecule has 0 aromatic heterocycles. The van der Waals surface area contributed by atoms with Crippen molar-refractivity contribution in [1.82, 2.24) is 0 Å². The van der Waals surface area contributed by atoms with E-state index >= 15 is 0 Å². The molecule has 76 valence electrons. The minimum Gasteiger partial charge on any atom is -0.396 e. The van der Waals surface area contributed by atoms with Gasteiger partial charge in [-0.25, -0.2) is 0 Å². The monoisotopic (exact) mass is 183 g/mol. The molecule has 0 fully saturated rings. The Kier molecular flexibility index (Phi) is 11.1. The van der Waals surface area contributed by atoms with Crippen molar-refractivity contribution in [2.75, 3.05) is 6.61 Å². The van der Waals surface area contributed by atoms with Crippen LogP contribution >= 0.6 is 0 Å². The lowest BCUT2D eigenvalue weighted by Gasteiger charge is -1.99. The van der Waals surface area contributed by atoms with Crippen LogP contribution in [-0.2, 0) is 0 Å². The molecule has 0 aliphatic heterocycles. The molecular formula is C12H22O. The summed E-state index contributed by atoms with van der Waals surface area (Å²) in [5, 5.41) is 8.55. The second kappa shape index (κ2) is 11.5. The number of hydrogen-bond donors (Lipinski definition) is 1. The average Bonchev–Trinajstić information content (AvgIpc) is 2.16. The number of terminal acetylenes is 1. The third-order valence-electron chi connectivity index (χ3n) is 2.23. The van der Waals surface area contributed by atoms with Gasteiger partial charge in [0.2, 0.25) is 0 Å². The van der Waals surface area contributed by atoms with Crippen molar-refractivity contribution in [2.24, 2.45) is 0 Å². The van der Waals surface area contributed by atoms with Gasteiger partial charge in [0.25, 0.3) is 0 Å². The van der Waals surface area contributed by atoms with Gasteiger partial charge in [0.1, 0.15) is 0 Å². The molecule has 0 saturated heterocycles. The van der Waals surface area contributed by atoms with Gasteiger partial charge in [0, 0.05) is 13.0 Å². The number of aliphatic hydroxyl groups excluding tert-OH is 1. The van der Waals surface area contributed by atoms with Crippen LogP contribution in [0.1, 0.15) is 57.8 Å². The Hall–Kier alpha value is -0.480. The van der Waals surface area contributed by atoms with Crippen LogP contribution in [0.4, 0.5) is 0 Å². The van der Waals surface area contributed by atoms with E-state index in [1.54, 1.807) is 0 Å². The van der Waals surface area contributed by atoms with Crippen LogP contribution in [0, 0.1) is 12.3 Å². The smallest absolute Gasteiger partial charge is 0.0431 e. The van der Waals surface area contributed by atoms with Gasteiger partial charge in [-0.3, -0.25) is 0 Å². The maximum Gasteiger partial charge on any atom is 0.0431 e. The first-order chi connectivity index (χ1) is 6.41. The molecule has 1 nitrogen and oxygen atoms in total. The Labute approximate surface area is 82.5 Å². The molecule has 0 radical (unpaired) electrons. The summed E-state index contributed by atoms with van der Waals surface area (Å²) in [6.45, 7) is 0.349.